The van der Waals surface area contributed by atoms with Gasteiger partial charge in [-0.05, 0) is 60.2 Å². The molecule has 0 spiro atoms. The first-order valence-electron chi connectivity index (χ1n) is 15.9. The maximum absolute atomic E-state index is 10.7. The van der Waals surface area contributed by atoms with E-state index in [1.165, 1.54) is 21.5 Å². The number of hydrogen-bond acceptors (Lipinski definition) is 2. The number of aromatic nitrogens is 2. The Bertz CT molecular complexity index is 2690. The van der Waals surface area contributed by atoms with E-state index in [0.717, 1.165) is 55.7 Å². The van der Waals surface area contributed by atoms with Crippen molar-refractivity contribution in [3.63, 3.8) is 0 Å². The van der Waals surface area contributed by atoms with Crippen molar-refractivity contribution < 1.29 is 0 Å². The molecule has 4 heteroatoms. The second kappa shape index (κ2) is 10.9. The first-order valence-corrected chi connectivity index (χ1v) is 15.9. The third-order valence-electron chi connectivity index (χ3n) is 9.41. The molecule has 0 amide bonds. The van der Waals surface area contributed by atoms with E-state index in [9.17, 15) is 10.5 Å². The molecule has 0 saturated carbocycles. The number of para-hydroxylation sites is 5. The van der Waals surface area contributed by atoms with Crippen LogP contribution in [0.1, 0.15) is 11.1 Å². The molecule has 0 N–H and O–H groups in total. The molecule has 2 heterocycles. The second-order valence-electron chi connectivity index (χ2n) is 12.0. The first kappa shape index (κ1) is 27.4. The Labute approximate surface area is 277 Å². The van der Waals surface area contributed by atoms with E-state index in [1.54, 1.807) is 0 Å². The number of nitriles is 2. The number of rotatable bonds is 4. The van der Waals surface area contributed by atoms with Gasteiger partial charge in [0.15, 0.2) is 0 Å². The van der Waals surface area contributed by atoms with Gasteiger partial charge in [-0.1, -0.05) is 103 Å². The van der Waals surface area contributed by atoms with Gasteiger partial charge in [0, 0.05) is 43.9 Å². The van der Waals surface area contributed by atoms with Gasteiger partial charge >= 0.3 is 0 Å². The van der Waals surface area contributed by atoms with E-state index < -0.39 is 0 Å². The molecule has 4 nitrogen and oxygen atoms in total. The number of hydrogen-bond donors (Lipinski definition) is 0. The van der Waals surface area contributed by atoms with Crippen LogP contribution in [0.2, 0.25) is 0 Å². The summed E-state index contributed by atoms with van der Waals surface area (Å²) in [6.07, 6.45) is 0. The lowest BCUT2D eigenvalue weighted by molar-refractivity contribution is 1.18. The minimum atomic E-state index is 0.502. The predicted molar refractivity (Wildman–Crippen MR) is 195 cm³/mol. The zero-order chi connectivity index (χ0) is 32.2. The molecule has 2 aromatic heterocycles. The van der Waals surface area contributed by atoms with Crippen molar-refractivity contribution in [1.29, 1.82) is 10.5 Å². The van der Waals surface area contributed by atoms with Crippen LogP contribution in [0, 0.1) is 22.7 Å². The van der Waals surface area contributed by atoms with Crippen LogP contribution in [-0.4, -0.2) is 9.13 Å². The molecule has 0 unspecified atom stereocenters. The van der Waals surface area contributed by atoms with Gasteiger partial charge in [0.25, 0.3) is 0 Å². The van der Waals surface area contributed by atoms with Gasteiger partial charge in [0.2, 0.25) is 0 Å². The van der Waals surface area contributed by atoms with Crippen molar-refractivity contribution in [2.45, 2.75) is 0 Å². The Morgan fingerprint density at radius 2 is 0.854 bits per heavy atom. The van der Waals surface area contributed by atoms with Gasteiger partial charge in [-0.25, -0.2) is 0 Å². The van der Waals surface area contributed by atoms with Crippen molar-refractivity contribution >= 4 is 43.6 Å². The van der Waals surface area contributed by atoms with E-state index in [-0.39, 0.29) is 0 Å². The molecular weight excluding hydrogens is 585 g/mol. The van der Waals surface area contributed by atoms with Crippen LogP contribution < -0.4 is 0 Å². The lowest BCUT2D eigenvalue weighted by Gasteiger charge is -2.17. The van der Waals surface area contributed by atoms with E-state index in [2.05, 4.69) is 149 Å². The van der Waals surface area contributed by atoms with E-state index in [0.29, 0.717) is 11.1 Å². The first-order chi connectivity index (χ1) is 23.7. The Morgan fingerprint density at radius 1 is 0.396 bits per heavy atom. The zero-order valence-corrected chi connectivity index (χ0v) is 25.8. The Balaban J connectivity index is 1.24. The van der Waals surface area contributed by atoms with E-state index >= 15 is 0 Å². The maximum Gasteiger partial charge on any atom is 0.100 e. The van der Waals surface area contributed by atoms with Crippen molar-refractivity contribution in [1.82, 2.24) is 9.13 Å². The third kappa shape index (κ3) is 4.07. The summed E-state index contributed by atoms with van der Waals surface area (Å²) in [6.45, 7) is 0. The summed E-state index contributed by atoms with van der Waals surface area (Å²) in [5, 5.41) is 25.7. The highest BCUT2D eigenvalue weighted by Crippen LogP contribution is 2.40. The van der Waals surface area contributed by atoms with Crippen molar-refractivity contribution in [2.24, 2.45) is 0 Å². The number of fused-ring (bicyclic) bond motifs is 6. The molecular formula is C44H26N4. The SMILES string of the molecule is N#Cc1cc(-c2ccc(-n3c4ccccc4c4ccccc43)cc2)c(C#N)c(-c2ccccc2-n2c3ccccc3c3ccccc32)c1. The molecule has 9 aromatic rings. The van der Waals surface area contributed by atoms with Gasteiger partial charge in [0.1, 0.15) is 6.07 Å². The van der Waals surface area contributed by atoms with Gasteiger partial charge in [-0.3, -0.25) is 0 Å². The Morgan fingerprint density at radius 3 is 1.38 bits per heavy atom. The van der Waals surface area contributed by atoms with Crippen molar-refractivity contribution in [2.75, 3.05) is 0 Å². The van der Waals surface area contributed by atoms with Crippen LogP contribution in [0.15, 0.2) is 158 Å². The lowest BCUT2D eigenvalue weighted by Crippen LogP contribution is -2.00. The molecule has 7 aromatic carbocycles. The van der Waals surface area contributed by atoms with E-state index in [1.807, 2.05) is 30.3 Å². The van der Waals surface area contributed by atoms with Gasteiger partial charge < -0.3 is 9.13 Å². The second-order valence-corrected chi connectivity index (χ2v) is 12.0. The molecule has 0 fully saturated rings. The predicted octanol–water partition coefficient (Wildman–Crippen LogP) is 11.0. The quantitative estimate of drug-likeness (QED) is 0.199. The molecule has 0 aliphatic rings. The lowest BCUT2D eigenvalue weighted by atomic mass is 9.89. The molecule has 0 saturated heterocycles. The van der Waals surface area contributed by atoms with Crippen LogP contribution in [0.3, 0.4) is 0 Å². The molecule has 222 valence electrons. The zero-order valence-electron chi connectivity index (χ0n) is 25.8. The topological polar surface area (TPSA) is 57.4 Å². The van der Waals surface area contributed by atoms with Crippen molar-refractivity contribution in [3.8, 4) is 45.8 Å². The maximum atomic E-state index is 10.7. The highest BCUT2D eigenvalue weighted by atomic mass is 15.0. The summed E-state index contributed by atoms with van der Waals surface area (Å²) in [6, 6.07) is 58.7. The van der Waals surface area contributed by atoms with E-state index in [4.69, 9.17) is 0 Å². The van der Waals surface area contributed by atoms with Crippen LogP contribution in [0.5, 0.6) is 0 Å². The summed E-state index contributed by atoms with van der Waals surface area (Å²) in [4.78, 5) is 0. The summed E-state index contributed by atoms with van der Waals surface area (Å²) >= 11 is 0. The average Bonchev–Trinajstić information content (AvgIpc) is 3.67. The molecule has 0 aliphatic carbocycles. The monoisotopic (exact) mass is 610 g/mol. The molecule has 48 heavy (non-hydrogen) atoms. The minimum Gasteiger partial charge on any atom is -0.309 e. The third-order valence-corrected chi connectivity index (χ3v) is 9.41. The smallest absolute Gasteiger partial charge is 0.100 e. The fourth-order valence-corrected chi connectivity index (χ4v) is 7.34. The summed E-state index contributed by atoms with van der Waals surface area (Å²) < 4.78 is 4.54. The number of benzene rings is 7. The van der Waals surface area contributed by atoms with Gasteiger partial charge in [0.05, 0.1) is 45.0 Å². The molecule has 0 bridgehead atoms. The van der Waals surface area contributed by atoms with Gasteiger partial charge in [-0.2, -0.15) is 10.5 Å². The van der Waals surface area contributed by atoms with Crippen LogP contribution in [0.25, 0.3) is 77.2 Å². The Kier molecular flexibility index (Phi) is 6.22. The Hall–Kier alpha value is -6.88. The summed E-state index contributed by atoms with van der Waals surface area (Å²) in [7, 11) is 0. The molecule has 0 atom stereocenters. The summed E-state index contributed by atoms with van der Waals surface area (Å²) in [5.74, 6) is 0. The summed E-state index contributed by atoms with van der Waals surface area (Å²) in [5.41, 5.74) is 10.7. The van der Waals surface area contributed by atoms with Gasteiger partial charge in [-0.15, -0.1) is 0 Å². The fraction of sp³-hybridized carbons (Fsp3) is 0. The molecule has 9 rings (SSSR count). The molecule has 0 aliphatic heterocycles. The van der Waals surface area contributed by atoms with Crippen LogP contribution in [-0.2, 0) is 0 Å². The van der Waals surface area contributed by atoms with Crippen LogP contribution in [0.4, 0.5) is 0 Å². The number of nitrogens with zero attached hydrogens (tertiary/aromatic N) is 4. The normalized spacial score (nSPS) is 11.3. The highest BCUT2D eigenvalue weighted by molar-refractivity contribution is 6.10. The molecule has 0 radical (unpaired) electrons. The standard InChI is InChI=1S/C44H26N4/c45-27-29-25-37(30-21-23-31(24-22-30)47-40-16-6-1-11-32(40)33-12-2-7-17-41(33)47)39(28-46)38(26-29)36-15-5-10-20-44(36)48-42-18-8-3-13-34(42)35-14-4-9-19-43(35)48/h1-26H. The average molecular weight is 611 g/mol. The van der Waals surface area contributed by atoms with Crippen molar-refractivity contribution in [3.05, 3.63) is 169 Å². The minimum absolute atomic E-state index is 0.502. The van der Waals surface area contributed by atoms with Crippen LogP contribution >= 0.6 is 0 Å². The highest BCUT2D eigenvalue weighted by Gasteiger charge is 2.20. The largest absolute Gasteiger partial charge is 0.309 e. The fourth-order valence-electron chi connectivity index (χ4n) is 7.34.